The van der Waals surface area contributed by atoms with E-state index in [-0.39, 0.29) is 36.3 Å². The van der Waals surface area contributed by atoms with Gasteiger partial charge in [-0.2, -0.15) is 0 Å². The maximum Gasteiger partial charge on any atom is 0.241 e. The number of aliphatic hydroxyl groups excluding tert-OH is 1. The SMILES string of the molecule is Cc1cc(C2CC(C(=O)N3CCCC(CO)C3)NN2)ccc1F. The van der Waals surface area contributed by atoms with Gasteiger partial charge in [-0.1, -0.05) is 12.1 Å². The maximum atomic E-state index is 13.4. The van der Waals surface area contributed by atoms with Crippen LogP contribution in [0.1, 0.15) is 36.4 Å². The van der Waals surface area contributed by atoms with E-state index in [1.165, 1.54) is 6.07 Å². The van der Waals surface area contributed by atoms with Crippen molar-refractivity contribution in [3.63, 3.8) is 0 Å². The number of aliphatic hydroxyl groups is 1. The normalized spacial score (nSPS) is 28.1. The third kappa shape index (κ3) is 3.54. The van der Waals surface area contributed by atoms with Crippen LogP contribution in [-0.2, 0) is 4.79 Å². The number of benzene rings is 1. The topological polar surface area (TPSA) is 64.6 Å². The van der Waals surface area contributed by atoms with E-state index in [9.17, 15) is 14.3 Å². The van der Waals surface area contributed by atoms with Crippen LogP contribution in [0.2, 0.25) is 0 Å². The molecule has 3 rings (SSSR count). The lowest BCUT2D eigenvalue weighted by molar-refractivity contribution is -0.135. The van der Waals surface area contributed by atoms with Crippen molar-refractivity contribution in [2.45, 2.75) is 38.3 Å². The Morgan fingerprint density at radius 1 is 1.43 bits per heavy atom. The monoisotopic (exact) mass is 321 g/mol. The second kappa shape index (κ2) is 6.95. The van der Waals surface area contributed by atoms with Crippen LogP contribution in [-0.4, -0.2) is 41.7 Å². The van der Waals surface area contributed by atoms with Gasteiger partial charge in [-0.15, -0.1) is 0 Å². The third-order valence-corrected chi connectivity index (χ3v) is 4.87. The quantitative estimate of drug-likeness (QED) is 0.784. The minimum Gasteiger partial charge on any atom is -0.396 e. The van der Waals surface area contributed by atoms with Crippen molar-refractivity contribution in [1.29, 1.82) is 0 Å². The summed E-state index contributed by atoms with van der Waals surface area (Å²) in [5.41, 5.74) is 7.81. The Labute approximate surface area is 135 Å². The van der Waals surface area contributed by atoms with Crippen molar-refractivity contribution < 1.29 is 14.3 Å². The van der Waals surface area contributed by atoms with Gasteiger partial charge < -0.3 is 10.0 Å². The van der Waals surface area contributed by atoms with Crippen LogP contribution in [0, 0.1) is 18.7 Å². The van der Waals surface area contributed by atoms with Crippen molar-refractivity contribution in [1.82, 2.24) is 15.8 Å². The molecule has 3 atom stereocenters. The molecular formula is C17H24FN3O2. The molecule has 5 nitrogen and oxygen atoms in total. The van der Waals surface area contributed by atoms with E-state index in [2.05, 4.69) is 10.9 Å². The Kier molecular flexibility index (Phi) is 4.94. The highest BCUT2D eigenvalue weighted by Crippen LogP contribution is 2.26. The zero-order valence-corrected chi connectivity index (χ0v) is 13.4. The number of amides is 1. The first-order valence-electron chi connectivity index (χ1n) is 8.25. The minimum absolute atomic E-state index is 0.00155. The van der Waals surface area contributed by atoms with Gasteiger partial charge in [0.15, 0.2) is 0 Å². The van der Waals surface area contributed by atoms with E-state index >= 15 is 0 Å². The van der Waals surface area contributed by atoms with E-state index < -0.39 is 0 Å². The van der Waals surface area contributed by atoms with Crippen molar-refractivity contribution in [3.05, 3.63) is 35.1 Å². The molecule has 0 radical (unpaired) electrons. The van der Waals surface area contributed by atoms with Crippen LogP contribution in [0.5, 0.6) is 0 Å². The largest absolute Gasteiger partial charge is 0.396 e. The lowest BCUT2D eigenvalue weighted by Crippen LogP contribution is -2.49. The average Bonchev–Trinajstić information content (AvgIpc) is 3.06. The molecule has 3 N–H and O–H groups in total. The van der Waals surface area contributed by atoms with Crippen molar-refractivity contribution >= 4 is 5.91 Å². The van der Waals surface area contributed by atoms with E-state index in [0.29, 0.717) is 18.5 Å². The molecule has 0 spiro atoms. The molecule has 0 aromatic heterocycles. The number of carbonyl (C=O) groups excluding carboxylic acids is 1. The predicted octanol–water partition coefficient (Wildman–Crippen LogP) is 1.27. The number of rotatable bonds is 3. The highest BCUT2D eigenvalue weighted by atomic mass is 19.1. The van der Waals surface area contributed by atoms with Crippen LogP contribution < -0.4 is 10.9 Å². The van der Waals surface area contributed by atoms with Gasteiger partial charge in [0.05, 0.1) is 0 Å². The lowest BCUT2D eigenvalue weighted by atomic mass is 9.96. The molecule has 0 saturated carbocycles. The van der Waals surface area contributed by atoms with Gasteiger partial charge in [-0.25, -0.2) is 15.2 Å². The van der Waals surface area contributed by atoms with Gasteiger partial charge in [0.1, 0.15) is 11.9 Å². The summed E-state index contributed by atoms with van der Waals surface area (Å²) in [4.78, 5) is 14.5. The molecule has 3 unspecified atom stereocenters. The van der Waals surface area contributed by atoms with Crippen molar-refractivity contribution in [3.8, 4) is 0 Å². The number of likely N-dealkylation sites (tertiary alicyclic amines) is 1. The van der Waals surface area contributed by atoms with E-state index in [0.717, 1.165) is 24.9 Å². The Balaban J connectivity index is 1.62. The molecule has 2 saturated heterocycles. The Morgan fingerprint density at radius 2 is 2.26 bits per heavy atom. The molecule has 2 aliphatic rings. The second-order valence-electron chi connectivity index (χ2n) is 6.61. The van der Waals surface area contributed by atoms with Gasteiger partial charge in [-0.3, -0.25) is 4.79 Å². The van der Waals surface area contributed by atoms with Gasteiger partial charge in [0.25, 0.3) is 0 Å². The molecular weight excluding hydrogens is 297 g/mol. The molecule has 1 amide bonds. The van der Waals surface area contributed by atoms with Crippen LogP contribution in [0.15, 0.2) is 18.2 Å². The Hall–Kier alpha value is -1.50. The van der Waals surface area contributed by atoms with E-state index in [1.807, 2.05) is 11.0 Å². The Bertz CT molecular complexity index is 581. The fourth-order valence-corrected chi connectivity index (χ4v) is 3.46. The van der Waals surface area contributed by atoms with Gasteiger partial charge in [0, 0.05) is 25.7 Å². The number of piperidine rings is 1. The first-order valence-corrected chi connectivity index (χ1v) is 8.25. The molecule has 2 heterocycles. The molecule has 0 aliphatic carbocycles. The second-order valence-corrected chi connectivity index (χ2v) is 6.61. The van der Waals surface area contributed by atoms with Crippen molar-refractivity contribution in [2.24, 2.45) is 5.92 Å². The molecule has 2 aliphatic heterocycles. The lowest BCUT2D eigenvalue weighted by Gasteiger charge is -2.33. The standard InChI is InChI=1S/C17H24FN3O2/c1-11-7-13(4-5-14(11)18)15-8-16(20-19-15)17(23)21-6-2-3-12(9-21)10-22/h4-5,7,12,15-16,19-20,22H,2-3,6,8-10H2,1H3. The third-order valence-electron chi connectivity index (χ3n) is 4.87. The number of hydrogen-bond acceptors (Lipinski definition) is 4. The number of nitrogens with zero attached hydrogens (tertiary/aromatic N) is 1. The smallest absolute Gasteiger partial charge is 0.241 e. The first kappa shape index (κ1) is 16.4. The maximum absolute atomic E-state index is 13.4. The fraction of sp³-hybridized carbons (Fsp3) is 0.588. The molecule has 1 aromatic carbocycles. The summed E-state index contributed by atoms with van der Waals surface area (Å²) in [6.07, 6.45) is 2.57. The highest BCUT2D eigenvalue weighted by molar-refractivity contribution is 5.82. The number of hydrazine groups is 1. The van der Waals surface area contributed by atoms with Crippen LogP contribution >= 0.6 is 0 Å². The fourth-order valence-electron chi connectivity index (χ4n) is 3.46. The van der Waals surface area contributed by atoms with Crippen LogP contribution in [0.25, 0.3) is 0 Å². The minimum atomic E-state index is -0.275. The van der Waals surface area contributed by atoms with E-state index in [4.69, 9.17) is 0 Å². The summed E-state index contributed by atoms with van der Waals surface area (Å²) in [6, 6.07) is 4.78. The zero-order valence-electron chi connectivity index (χ0n) is 13.4. The summed E-state index contributed by atoms with van der Waals surface area (Å²) in [7, 11) is 0. The Morgan fingerprint density at radius 3 is 3.00 bits per heavy atom. The average molecular weight is 321 g/mol. The summed E-state index contributed by atoms with van der Waals surface area (Å²) in [6.45, 7) is 3.27. The molecule has 23 heavy (non-hydrogen) atoms. The van der Waals surface area contributed by atoms with Gasteiger partial charge in [-0.05, 0) is 49.3 Å². The number of carbonyl (C=O) groups is 1. The number of nitrogens with one attached hydrogen (secondary N) is 2. The molecule has 0 bridgehead atoms. The highest BCUT2D eigenvalue weighted by Gasteiger charge is 2.34. The first-order chi connectivity index (χ1) is 11.1. The molecule has 2 fully saturated rings. The predicted molar refractivity (Wildman–Crippen MR) is 84.9 cm³/mol. The molecule has 1 aromatic rings. The van der Waals surface area contributed by atoms with Gasteiger partial charge in [0.2, 0.25) is 5.91 Å². The van der Waals surface area contributed by atoms with Crippen LogP contribution in [0.3, 0.4) is 0 Å². The van der Waals surface area contributed by atoms with E-state index in [1.54, 1.807) is 13.0 Å². The zero-order chi connectivity index (χ0) is 16.4. The van der Waals surface area contributed by atoms with Crippen LogP contribution in [0.4, 0.5) is 4.39 Å². The van der Waals surface area contributed by atoms with Crippen molar-refractivity contribution in [2.75, 3.05) is 19.7 Å². The molecule has 6 heteroatoms. The molecule has 126 valence electrons. The number of halogens is 1. The number of hydrogen-bond donors (Lipinski definition) is 3. The summed E-state index contributed by atoms with van der Waals surface area (Å²) >= 11 is 0. The number of aryl methyl sites for hydroxylation is 1. The summed E-state index contributed by atoms with van der Waals surface area (Å²) < 4.78 is 13.4. The summed E-state index contributed by atoms with van der Waals surface area (Å²) in [5, 5.41) is 9.30. The summed E-state index contributed by atoms with van der Waals surface area (Å²) in [5.74, 6) is 0.0604. The van der Waals surface area contributed by atoms with Gasteiger partial charge >= 0.3 is 0 Å².